The zero-order valence-electron chi connectivity index (χ0n) is 9.21. The largest absolute Gasteiger partial charge is 0.340 e. The summed E-state index contributed by atoms with van der Waals surface area (Å²) in [6, 6.07) is 0.529. The van der Waals surface area contributed by atoms with E-state index in [2.05, 4.69) is 10.2 Å². The van der Waals surface area contributed by atoms with Crippen molar-refractivity contribution in [2.75, 3.05) is 19.6 Å². The minimum absolute atomic E-state index is 0. The fourth-order valence-corrected chi connectivity index (χ4v) is 2.51. The lowest BCUT2D eigenvalue weighted by Crippen LogP contribution is -2.45. The minimum atomic E-state index is 0. The zero-order chi connectivity index (χ0) is 9.80. The van der Waals surface area contributed by atoms with Crippen LogP contribution in [0.1, 0.15) is 38.5 Å². The highest BCUT2D eigenvalue weighted by Crippen LogP contribution is 2.18. The smallest absolute Gasteiger partial charge is 0.222 e. The summed E-state index contributed by atoms with van der Waals surface area (Å²) in [5.41, 5.74) is 0. The standard InChI is InChI=1S/C11H20N2O.ClH/c14-11-4-2-1-3-9-13(11)10-5-7-12-8-6-10;/h10,12H,1-9H2;1H. The first-order valence-electron chi connectivity index (χ1n) is 5.88. The normalized spacial score (nSPS) is 24.5. The summed E-state index contributed by atoms with van der Waals surface area (Å²) >= 11 is 0. The lowest BCUT2D eigenvalue weighted by Gasteiger charge is -2.33. The summed E-state index contributed by atoms with van der Waals surface area (Å²) in [5, 5.41) is 3.35. The first-order chi connectivity index (χ1) is 6.88. The quantitative estimate of drug-likeness (QED) is 0.744. The van der Waals surface area contributed by atoms with Gasteiger partial charge in [0.1, 0.15) is 0 Å². The van der Waals surface area contributed by atoms with Gasteiger partial charge in [0.15, 0.2) is 0 Å². The molecular weight excluding hydrogens is 212 g/mol. The Hall–Kier alpha value is -0.280. The van der Waals surface area contributed by atoms with Crippen LogP contribution in [-0.2, 0) is 4.79 Å². The van der Waals surface area contributed by atoms with Crippen LogP contribution >= 0.6 is 12.4 Å². The molecule has 1 N–H and O–H groups in total. The number of hydrogen-bond acceptors (Lipinski definition) is 2. The van der Waals surface area contributed by atoms with Gasteiger partial charge >= 0.3 is 0 Å². The molecule has 2 aliphatic rings. The summed E-state index contributed by atoms with van der Waals surface area (Å²) in [5.74, 6) is 0.398. The highest BCUT2D eigenvalue weighted by atomic mass is 35.5. The fraction of sp³-hybridized carbons (Fsp3) is 0.909. The molecule has 88 valence electrons. The van der Waals surface area contributed by atoms with E-state index in [1.54, 1.807) is 0 Å². The fourth-order valence-electron chi connectivity index (χ4n) is 2.51. The van der Waals surface area contributed by atoms with Crippen LogP contribution in [0.2, 0.25) is 0 Å². The van der Waals surface area contributed by atoms with E-state index in [-0.39, 0.29) is 12.4 Å². The number of rotatable bonds is 1. The minimum Gasteiger partial charge on any atom is -0.340 e. The Bertz CT molecular complexity index is 205. The molecule has 15 heavy (non-hydrogen) atoms. The third-order valence-corrected chi connectivity index (χ3v) is 3.36. The number of nitrogens with one attached hydrogen (secondary N) is 1. The molecule has 0 aromatic carbocycles. The lowest BCUT2D eigenvalue weighted by atomic mass is 10.0. The molecule has 0 saturated carbocycles. The molecule has 2 aliphatic heterocycles. The number of halogens is 1. The molecule has 2 saturated heterocycles. The topological polar surface area (TPSA) is 32.3 Å². The van der Waals surface area contributed by atoms with Gasteiger partial charge in [-0.25, -0.2) is 0 Å². The highest BCUT2D eigenvalue weighted by molar-refractivity contribution is 5.85. The Morgan fingerprint density at radius 1 is 1.13 bits per heavy atom. The van der Waals surface area contributed by atoms with E-state index in [0.29, 0.717) is 11.9 Å². The monoisotopic (exact) mass is 232 g/mol. The molecule has 2 heterocycles. The second-order valence-corrected chi connectivity index (χ2v) is 4.38. The summed E-state index contributed by atoms with van der Waals surface area (Å²) < 4.78 is 0. The molecular formula is C11H21ClN2O. The van der Waals surface area contributed by atoms with E-state index < -0.39 is 0 Å². The molecule has 0 atom stereocenters. The van der Waals surface area contributed by atoms with Crippen LogP contribution in [-0.4, -0.2) is 36.5 Å². The van der Waals surface area contributed by atoms with Gasteiger partial charge < -0.3 is 10.2 Å². The Labute approximate surface area is 98.0 Å². The van der Waals surface area contributed by atoms with Crippen molar-refractivity contribution in [1.29, 1.82) is 0 Å². The van der Waals surface area contributed by atoms with Crippen molar-refractivity contribution in [3.8, 4) is 0 Å². The Morgan fingerprint density at radius 2 is 1.87 bits per heavy atom. The van der Waals surface area contributed by atoms with Gasteiger partial charge in [0.25, 0.3) is 0 Å². The van der Waals surface area contributed by atoms with Gasteiger partial charge in [0.05, 0.1) is 0 Å². The van der Waals surface area contributed by atoms with E-state index >= 15 is 0 Å². The molecule has 4 heteroatoms. The average molecular weight is 233 g/mol. The van der Waals surface area contributed by atoms with E-state index in [9.17, 15) is 4.79 Å². The number of carbonyl (C=O) groups is 1. The third-order valence-electron chi connectivity index (χ3n) is 3.36. The average Bonchev–Trinajstić information content (AvgIpc) is 2.44. The van der Waals surface area contributed by atoms with Gasteiger partial charge in [-0.2, -0.15) is 0 Å². The van der Waals surface area contributed by atoms with Crippen LogP contribution < -0.4 is 5.32 Å². The maximum atomic E-state index is 11.8. The zero-order valence-corrected chi connectivity index (χ0v) is 10.0. The van der Waals surface area contributed by atoms with Crippen molar-refractivity contribution in [3.05, 3.63) is 0 Å². The van der Waals surface area contributed by atoms with Crippen molar-refractivity contribution < 1.29 is 4.79 Å². The van der Waals surface area contributed by atoms with Gasteiger partial charge in [-0.15, -0.1) is 12.4 Å². The highest BCUT2D eigenvalue weighted by Gasteiger charge is 2.25. The first kappa shape index (κ1) is 12.8. The van der Waals surface area contributed by atoms with Crippen molar-refractivity contribution in [3.63, 3.8) is 0 Å². The number of nitrogens with zero attached hydrogens (tertiary/aromatic N) is 1. The van der Waals surface area contributed by atoms with E-state index in [4.69, 9.17) is 0 Å². The van der Waals surface area contributed by atoms with Gasteiger partial charge in [-0.3, -0.25) is 4.79 Å². The molecule has 1 amide bonds. The Kier molecular flexibility index (Phi) is 5.40. The van der Waals surface area contributed by atoms with E-state index in [0.717, 1.165) is 45.3 Å². The van der Waals surface area contributed by atoms with Crippen LogP contribution in [0.25, 0.3) is 0 Å². The van der Waals surface area contributed by atoms with E-state index in [1.807, 2.05) is 0 Å². The molecule has 2 fully saturated rings. The molecule has 2 rings (SSSR count). The van der Waals surface area contributed by atoms with Crippen molar-refractivity contribution in [2.24, 2.45) is 0 Å². The number of likely N-dealkylation sites (tertiary alicyclic amines) is 1. The molecule has 0 aromatic heterocycles. The first-order valence-corrected chi connectivity index (χ1v) is 5.88. The van der Waals surface area contributed by atoms with Gasteiger partial charge in [-0.1, -0.05) is 6.42 Å². The van der Waals surface area contributed by atoms with Crippen molar-refractivity contribution in [1.82, 2.24) is 10.2 Å². The summed E-state index contributed by atoms with van der Waals surface area (Å²) in [7, 11) is 0. The van der Waals surface area contributed by atoms with E-state index in [1.165, 1.54) is 12.8 Å². The second kappa shape index (κ2) is 6.33. The van der Waals surface area contributed by atoms with Crippen LogP contribution in [0.3, 0.4) is 0 Å². The van der Waals surface area contributed by atoms with Crippen LogP contribution in [0.15, 0.2) is 0 Å². The number of piperidine rings is 1. The summed E-state index contributed by atoms with van der Waals surface area (Å²) in [4.78, 5) is 14.0. The molecule has 3 nitrogen and oxygen atoms in total. The predicted molar refractivity (Wildman–Crippen MR) is 63.3 cm³/mol. The maximum Gasteiger partial charge on any atom is 0.222 e. The Balaban J connectivity index is 0.00000112. The van der Waals surface area contributed by atoms with Crippen LogP contribution in [0.5, 0.6) is 0 Å². The molecule has 0 unspecified atom stereocenters. The van der Waals surface area contributed by atoms with Gasteiger partial charge in [-0.05, 0) is 38.8 Å². The molecule has 0 aromatic rings. The Morgan fingerprint density at radius 3 is 2.60 bits per heavy atom. The van der Waals surface area contributed by atoms with Gasteiger partial charge in [0, 0.05) is 19.0 Å². The third kappa shape index (κ3) is 3.35. The number of amides is 1. The summed E-state index contributed by atoms with van der Waals surface area (Å²) in [6.45, 7) is 3.16. The van der Waals surface area contributed by atoms with Crippen molar-refractivity contribution >= 4 is 18.3 Å². The molecule has 0 aliphatic carbocycles. The molecule has 0 radical (unpaired) electrons. The van der Waals surface area contributed by atoms with Crippen LogP contribution in [0.4, 0.5) is 0 Å². The SMILES string of the molecule is Cl.O=C1CCCCCN1C1CCNCC1. The second-order valence-electron chi connectivity index (χ2n) is 4.38. The van der Waals surface area contributed by atoms with Crippen molar-refractivity contribution in [2.45, 2.75) is 44.6 Å². The predicted octanol–water partition coefficient (Wildman–Crippen LogP) is 1.56. The van der Waals surface area contributed by atoms with Crippen LogP contribution in [0, 0.1) is 0 Å². The lowest BCUT2D eigenvalue weighted by molar-refractivity contribution is -0.133. The summed E-state index contributed by atoms with van der Waals surface area (Å²) in [6.07, 6.45) is 6.60. The molecule has 0 spiro atoms. The van der Waals surface area contributed by atoms with Gasteiger partial charge in [0.2, 0.25) is 5.91 Å². The molecule has 0 bridgehead atoms. The number of carbonyl (C=O) groups excluding carboxylic acids is 1. The number of hydrogen-bond donors (Lipinski definition) is 1. The maximum absolute atomic E-state index is 11.8.